The first-order valence-electron chi connectivity index (χ1n) is 7.15. The van der Waals surface area contributed by atoms with Gasteiger partial charge in [0.25, 0.3) is 0 Å². The van der Waals surface area contributed by atoms with E-state index in [2.05, 4.69) is 4.74 Å². The minimum atomic E-state index is -0.528. The molecule has 114 valence electrons. The number of methoxy groups -OCH3 is 1. The summed E-state index contributed by atoms with van der Waals surface area (Å²) in [6.07, 6.45) is 1.73. The van der Waals surface area contributed by atoms with E-state index in [0.717, 1.165) is 18.4 Å². The van der Waals surface area contributed by atoms with E-state index in [-0.39, 0.29) is 24.1 Å². The number of halogens is 1. The highest BCUT2D eigenvalue weighted by Crippen LogP contribution is 2.49. The van der Waals surface area contributed by atoms with Gasteiger partial charge in [0.1, 0.15) is 5.82 Å². The van der Waals surface area contributed by atoms with Gasteiger partial charge >= 0.3 is 5.97 Å². The van der Waals surface area contributed by atoms with Crippen molar-refractivity contribution < 1.29 is 18.7 Å². The normalized spacial score (nSPS) is 15.4. The molecule has 4 nitrogen and oxygen atoms in total. The summed E-state index contributed by atoms with van der Waals surface area (Å²) in [4.78, 5) is 25.6. The van der Waals surface area contributed by atoms with E-state index in [9.17, 15) is 14.0 Å². The Labute approximate surface area is 123 Å². The zero-order valence-corrected chi connectivity index (χ0v) is 12.4. The van der Waals surface area contributed by atoms with Gasteiger partial charge in [-0.05, 0) is 37.5 Å². The molecule has 0 spiro atoms. The van der Waals surface area contributed by atoms with Gasteiger partial charge in [0.2, 0.25) is 5.91 Å². The molecule has 0 N–H and O–H groups in total. The van der Waals surface area contributed by atoms with Crippen molar-refractivity contribution in [2.45, 2.75) is 31.6 Å². The molecule has 0 bridgehead atoms. The molecule has 1 saturated carbocycles. The maximum Gasteiger partial charge on any atom is 0.307 e. The lowest BCUT2D eigenvalue weighted by Crippen LogP contribution is -2.40. The lowest BCUT2D eigenvalue weighted by Gasteiger charge is -2.26. The van der Waals surface area contributed by atoms with Crippen LogP contribution < -0.4 is 0 Å². The average Bonchev–Trinajstić information content (AvgIpc) is 3.29. The first-order chi connectivity index (χ1) is 10.0. The Kier molecular flexibility index (Phi) is 4.60. The number of rotatable bonds is 6. The van der Waals surface area contributed by atoms with Gasteiger partial charge in [-0.15, -0.1) is 0 Å². The maximum atomic E-state index is 13.0. The Morgan fingerprint density at radius 3 is 2.38 bits per heavy atom. The maximum absolute atomic E-state index is 13.0. The Morgan fingerprint density at radius 2 is 1.90 bits per heavy atom. The van der Waals surface area contributed by atoms with Crippen molar-refractivity contribution in [3.8, 4) is 0 Å². The third-order valence-electron chi connectivity index (χ3n) is 4.04. The third-order valence-corrected chi connectivity index (χ3v) is 4.04. The molecule has 0 heterocycles. The van der Waals surface area contributed by atoms with E-state index in [4.69, 9.17) is 0 Å². The summed E-state index contributed by atoms with van der Waals surface area (Å²) in [6, 6.07) is 6.11. The summed E-state index contributed by atoms with van der Waals surface area (Å²) in [5.74, 6) is -0.617. The number of benzene rings is 1. The molecule has 0 unspecified atom stereocenters. The average molecular weight is 293 g/mol. The van der Waals surface area contributed by atoms with Crippen LogP contribution in [0.5, 0.6) is 0 Å². The molecule has 0 aromatic heterocycles. The second-order valence-corrected chi connectivity index (χ2v) is 5.30. The Hall–Kier alpha value is -1.91. The lowest BCUT2D eigenvalue weighted by molar-refractivity contribution is -0.142. The quantitative estimate of drug-likeness (QED) is 0.756. The van der Waals surface area contributed by atoms with Crippen LogP contribution in [0, 0.1) is 5.82 Å². The fraction of sp³-hybridized carbons (Fsp3) is 0.500. The highest BCUT2D eigenvalue weighted by Gasteiger charge is 2.52. The smallest absolute Gasteiger partial charge is 0.307 e. The van der Waals surface area contributed by atoms with Crippen LogP contribution >= 0.6 is 0 Å². The van der Waals surface area contributed by atoms with Gasteiger partial charge in [-0.3, -0.25) is 9.59 Å². The molecule has 21 heavy (non-hydrogen) atoms. The molecule has 1 aliphatic carbocycles. The van der Waals surface area contributed by atoms with Crippen LogP contribution in [0.2, 0.25) is 0 Å². The summed E-state index contributed by atoms with van der Waals surface area (Å²) in [5, 5.41) is 0. The first kappa shape index (κ1) is 15.5. The summed E-state index contributed by atoms with van der Waals surface area (Å²) in [7, 11) is 1.33. The van der Waals surface area contributed by atoms with Crippen LogP contribution in [-0.2, 0) is 19.7 Å². The highest BCUT2D eigenvalue weighted by atomic mass is 19.1. The zero-order chi connectivity index (χ0) is 15.5. The second kappa shape index (κ2) is 6.24. The second-order valence-electron chi connectivity index (χ2n) is 5.30. The van der Waals surface area contributed by atoms with Crippen LogP contribution in [0.3, 0.4) is 0 Å². The molecule has 1 amide bonds. The van der Waals surface area contributed by atoms with Gasteiger partial charge in [0, 0.05) is 13.1 Å². The standard InChI is InChI=1S/C16H20FNO3/c1-3-18(11-8-14(19)21-2)15(20)16(9-10-16)12-4-6-13(17)7-5-12/h4-7H,3,8-11H2,1-2H3. The topological polar surface area (TPSA) is 46.6 Å². The Bertz CT molecular complexity index is 523. The van der Waals surface area contributed by atoms with Gasteiger partial charge in [0.15, 0.2) is 0 Å². The number of nitrogens with zero attached hydrogens (tertiary/aromatic N) is 1. The van der Waals surface area contributed by atoms with Crippen molar-refractivity contribution in [2.75, 3.05) is 20.2 Å². The number of hydrogen-bond donors (Lipinski definition) is 0. The zero-order valence-electron chi connectivity index (χ0n) is 12.4. The SMILES string of the molecule is CCN(CCC(=O)OC)C(=O)C1(c2ccc(F)cc2)CC1. The number of hydrogen-bond acceptors (Lipinski definition) is 3. The van der Waals surface area contributed by atoms with Gasteiger partial charge < -0.3 is 9.64 Å². The predicted octanol–water partition coefficient (Wildman–Crippen LogP) is 2.27. The molecule has 1 fully saturated rings. The van der Waals surface area contributed by atoms with Crippen LogP contribution in [-0.4, -0.2) is 37.0 Å². The van der Waals surface area contributed by atoms with Crippen molar-refractivity contribution >= 4 is 11.9 Å². The third kappa shape index (κ3) is 3.23. The molecule has 0 saturated heterocycles. The van der Waals surface area contributed by atoms with Crippen molar-refractivity contribution in [3.63, 3.8) is 0 Å². The van der Waals surface area contributed by atoms with Crippen LogP contribution in [0.1, 0.15) is 31.7 Å². The van der Waals surface area contributed by atoms with Gasteiger partial charge in [-0.2, -0.15) is 0 Å². The summed E-state index contributed by atoms with van der Waals surface area (Å²) in [5.41, 5.74) is 0.324. The molecule has 0 atom stereocenters. The molecular weight excluding hydrogens is 273 g/mol. The number of carbonyl (C=O) groups excluding carboxylic acids is 2. The predicted molar refractivity (Wildman–Crippen MR) is 76.2 cm³/mol. The molecule has 0 aliphatic heterocycles. The van der Waals surface area contributed by atoms with Gasteiger partial charge in [-0.1, -0.05) is 12.1 Å². The van der Waals surface area contributed by atoms with E-state index in [0.29, 0.717) is 13.1 Å². The van der Waals surface area contributed by atoms with E-state index >= 15 is 0 Å². The van der Waals surface area contributed by atoms with Crippen LogP contribution in [0.15, 0.2) is 24.3 Å². The number of amides is 1. The summed E-state index contributed by atoms with van der Waals surface area (Å²) >= 11 is 0. The van der Waals surface area contributed by atoms with Crippen molar-refractivity contribution in [1.82, 2.24) is 4.90 Å². The molecule has 1 aromatic rings. The number of ether oxygens (including phenoxy) is 1. The molecule has 0 radical (unpaired) electrons. The van der Waals surface area contributed by atoms with E-state index < -0.39 is 5.41 Å². The fourth-order valence-corrected chi connectivity index (χ4v) is 2.55. The van der Waals surface area contributed by atoms with Crippen LogP contribution in [0.25, 0.3) is 0 Å². The van der Waals surface area contributed by atoms with E-state index in [1.165, 1.54) is 19.2 Å². The lowest BCUT2D eigenvalue weighted by atomic mass is 9.94. The van der Waals surface area contributed by atoms with Crippen molar-refractivity contribution in [3.05, 3.63) is 35.6 Å². The van der Waals surface area contributed by atoms with Crippen molar-refractivity contribution in [1.29, 1.82) is 0 Å². The highest BCUT2D eigenvalue weighted by molar-refractivity contribution is 5.91. The van der Waals surface area contributed by atoms with Crippen molar-refractivity contribution in [2.24, 2.45) is 0 Å². The van der Waals surface area contributed by atoms with Gasteiger partial charge in [-0.25, -0.2) is 4.39 Å². The minimum absolute atomic E-state index is 0.0144. The summed E-state index contributed by atoms with van der Waals surface area (Å²) in [6.45, 7) is 2.78. The molecule has 1 aromatic carbocycles. The minimum Gasteiger partial charge on any atom is -0.469 e. The number of esters is 1. The fourth-order valence-electron chi connectivity index (χ4n) is 2.55. The number of carbonyl (C=O) groups is 2. The monoisotopic (exact) mass is 293 g/mol. The van der Waals surface area contributed by atoms with E-state index in [1.54, 1.807) is 17.0 Å². The molecule has 1 aliphatic rings. The largest absolute Gasteiger partial charge is 0.469 e. The van der Waals surface area contributed by atoms with Crippen LogP contribution in [0.4, 0.5) is 4.39 Å². The molecule has 2 rings (SSSR count). The van der Waals surface area contributed by atoms with E-state index in [1.807, 2.05) is 6.92 Å². The van der Waals surface area contributed by atoms with Gasteiger partial charge in [0.05, 0.1) is 18.9 Å². The Balaban J connectivity index is 2.09. The molecule has 5 heteroatoms. The Morgan fingerprint density at radius 1 is 1.29 bits per heavy atom. The first-order valence-corrected chi connectivity index (χ1v) is 7.15. The summed E-state index contributed by atoms with van der Waals surface area (Å²) < 4.78 is 17.6. The number of likely N-dealkylation sites (N-methyl/N-ethyl adjacent to an activating group) is 1. The molecular formula is C16H20FNO3.